The van der Waals surface area contributed by atoms with Gasteiger partial charge < -0.3 is 5.73 Å². The number of allylic oxidation sites excluding steroid dienone is 1. The fraction of sp³-hybridized carbons (Fsp3) is 0.467. The molecule has 0 saturated heterocycles. The Morgan fingerprint density at radius 3 is 2.58 bits per heavy atom. The van der Waals surface area contributed by atoms with Crippen molar-refractivity contribution in [2.75, 3.05) is 11.5 Å². The van der Waals surface area contributed by atoms with Gasteiger partial charge in [0.1, 0.15) is 0 Å². The maximum atomic E-state index is 12.1. The van der Waals surface area contributed by atoms with Crippen LogP contribution >= 0.6 is 0 Å². The fourth-order valence-corrected chi connectivity index (χ4v) is 3.13. The Balaban J connectivity index is 2.26. The first kappa shape index (κ1) is 14.1. The van der Waals surface area contributed by atoms with Gasteiger partial charge in [0.05, 0.1) is 10.5 Å². The number of hydrogen-bond acceptors (Lipinski definition) is 3. The molecule has 0 amide bonds. The molecule has 0 unspecified atom stereocenters. The van der Waals surface area contributed by atoms with Crippen molar-refractivity contribution < 1.29 is 8.42 Å². The summed E-state index contributed by atoms with van der Waals surface area (Å²) in [5.41, 5.74) is 10.0. The molecule has 0 aromatic heterocycles. The second kappa shape index (κ2) is 4.67. The predicted octanol–water partition coefficient (Wildman–Crippen LogP) is 2.81. The molecule has 0 fully saturated rings. The number of anilines is 1. The summed E-state index contributed by atoms with van der Waals surface area (Å²) in [5.74, 6) is 0.107. The van der Waals surface area contributed by atoms with E-state index in [2.05, 4.69) is 0 Å². The lowest BCUT2D eigenvalue weighted by Crippen LogP contribution is -2.29. The molecule has 1 aliphatic carbocycles. The molecule has 0 bridgehead atoms. The van der Waals surface area contributed by atoms with Crippen LogP contribution in [-0.2, 0) is 16.3 Å². The Morgan fingerprint density at radius 1 is 1.26 bits per heavy atom. The smallest absolute Gasteiger partial charge is 0.158 e. The SMILES string of the molecule is CC(C)(C)S(=O)(=O)C/C=C1/CCc2cc(N)ccc21. The number of benzene rings is 1. The molecule has 0 atom stereocenters. The van der Waals surface area contributed by atoms with E-state index < -0.39 is 14.6 Å². The number of aryl methyl sites for hydroxylation is 1. The van der Waals surface area contributed by atoms with E-state index >= 15 is 0 Å². The summed E-state index contributed by atoms with van der Waals surface area (Å²) < 4.78 is 23.5. The third-order valence-electron chi connectivity index (χ3n) is 3.62. The summed E-state index contributed by atoms with van der Waals surface area (Å²) >= 11 is 0. The Hall–Kier alpha value is -1.29. The molecule has 1 aromatic rings. The van der Waals surface area contributed by atoms with Gasteiger partial charge in [0.25, 0.3) is 0 Å². The fourth-order valence-electron chi connectivity index (χ4n) is 2.21. The van der Waals surface area contributed by atoms with Crippen LogP contribution in [-0.4, -0.2) is 18.9 Å². The van der Waals surface area contributed by atoms with Gasteiger partial charge in [0.15, 0.2) is 9.84 Å². The lowest BCUT2D eigenvalue weighted by Gasteiger charge is -2.18. The summed E-state index contributed by atoms with van der Waals surface area (Å²) in [5, 5.41) is 0. The molecule has 4 heteroatoms. The van der Waals surface area contributed by atoms with Gasteiger partial charge in [-0.2, -0.15) is 0 Å². The van der Waals surface area contributed by atoms with Gasteiger partial charge in [-0.1, -0.05) is 12.1 Å². The van der Waals surface area contributed by atoms with Crippen molar-refractivity contribution in [3.8, 4) is 0 Å². The van der Waals surface area contributed by atoms with E-state index in [9.17, 15) is 8.42 Å². The molecule has 0 aliphatic heterocycles. The lowest BCUT2D eigenvalue weighted by atomic mass is 10.1. The Bertz CT molecular complexity index is 622. The summed E-state index contributed by atoms with van der Waals surface area (Å²) in [7, 11) is -3.10. The molecule has 1 aliphatic rings. The van der Waals surface area contributed by atoms with Crippen LogP contribution in [0.3, 0.4) is 0 Å². The van der Waals surface area contributed by atoms with Crippen molar-refractivity contribution >= 4 is 21.1 Å². The van der Waals surface area contributed by atoms with Gasteiger partial charge in [0, 0.05) is 5.69 Å². The van der Waals surface area contributed by atoms with Crippen LogP contribution in [0.25, 0.3) is 5.57 Å². The highest BCUT2D eigenvalue weighted by atomic mass is 32.2. The molecule has 104 valence electrons. The van der Waals surface area contributed by atoms with Gasteiger partial charge in [-0.3, -0.25) is 0 Å². The largest absolute Gasteiger partial charge is 0.399 e. The van der Waals surface area contributed by atoms with E-state index in [4.69, 9.17) is 5.73 Å². The van der Waals surface area contributed by atoms with E-state index in [1.165, 1.54) is 5.56 Å². The van der Waals surface area contributed by atoms with Crippen LogP contribution in [0.1, 0.15) is 38.3 Å². The average molecular weight is 279 g/mol. The minimum Gasteiger partial charge on any atom is -0.399 e. The highest BCUT2D eigenvalue weighted by Gasteiger charge is 2.28. The van der Waals surface area contributed by atoms with Crippen molar-refractivity contribution in [1.29, 1.82) is 0 Å². The highest BCUT2D eigenvalue weighted by Crippen LogP contribution is 2.33. The topological polar surface area (TPSA) is 60.2 Å². The first-order valence-corrected chi connectivity index (χ1v) is 8.16. The molecule has 19 heavy (non-hydrogen) atoms. The zero-order valence-electron chi connectivity index (χ0n) is 11.7. The van der Waals surface area contributed by atoms with Crippen molar-refractivity contribution in [3.05, 3.63) is 35.4 Å². The third-order valence-corrected chi connectivity index (χ3v) is 6.09. The average Bonchev–Trinajstić information content (AvgIpc) is 2.67. The van der Waals surface area contributed by atoms with Crippen LogP contribution in [0.2, 0.25) is 0 Å². The van der Waals surface area contributed by atoms with Crippen LogP contribution in [0.15, 0.2) is 24.3 Å². The van der Waals surface area contributed by atoms with Crippen LogP contribution < -0.4 is 5.73 Å². The predicted molar refractivity (Wildman–Crippen MR) is 80.7 cm³/mol. The minimum atomic E-state index is -3.10. The Kier molecular flexibility index (Phi) is 3.47. The van der Waals surface area contributed by atoms with Gasteiger partial charge >= 0.3 is 0 Å². The van der Waals surface area contributed by atoms with Crippen LogP contribution in [0.4, 0.5) is 5.69 Å². The molecular weight excluding hydrogens is 258 g/mol. The van der Waals surface area contributed by atoms with Crippen molar-refractivity contribution in [1.82, 2.24) is 0 Å². The molecule has 2 rings (SSSR count). The monoisotopic (exact) mass is 279 g/mol. The second-order valence-corrected chi connectivity index (χ2v) is 8.83. The molecular formula is C15H21NO2S. The first-order valence-electron chi connectivity index (χ1n) is 6.51. The molecule has 0 heterocycles. The minimum absolute atomic E-state index is 0.107. The van der Waals surface area contributed by atoms with Gasteiger partial charge in [-0.05, 0) is 62.4 Å². The zero-order chi connectivity index (χ0) is 14.3. The number of sulfone groups is 1. The van der Waals surface area contributed by atoms with Crippen molar-refractivity contribution in [3.63, 3.8) is 0 Å². The zero-order valence-corrected chi connectivity index (χ0v) is 12.5. The molecule has 0 radical (unpaired) electrons. The molecule has 3 nitrogen and oxygen atoms in total. The number of hydrogen-bond donors (Lipinski definition) is 1. The van der Waals surface area contributed by atoms with E-state index in [1.54, 1.807) is 20.8 Å². The first-order chi connectivity index (χ1) is 8.71. The van der Waals surface area contributed by atoms with E-state index in [0.29, 0.717) is 0 Å². The third kappa shape index (κ3) is 2.84. The van der Waals surface area contributed by atoms with Crippen molar-refractivity contribution in [2.45, 2.75) is 38.4 Å². The van der Waals surface area contributed by atoms with Gasteiger partial charge in [0.2, 0.25) is 0 Å². The Labute approximate surface area is 115 Å². The van der Waals surface area contributed by atoms with Gasteiger partial charge in [-0.25, -0.2) is 8.42 Å². The molecule has 2 N–H and O–H groups in total. The quantitative estimate of drug-likeness (QED) is 0.847. The summed E-state index contributed by atoms with van der Waals surface area (Å²) in [6.07, 6.45) is 3.71. The lowest BCUT2D eigenvalue weighted by molar-refractivity contribution is 0.563. The normalized spacial score (nSPS) is 17.7. The highest BCUT2D eigenvalue weighted by molar-refractivity contribution is 7.92. The maximum absolute atomic E-state index is 12.1. The van der Waals surface area contributed by atoms with E-state index in [1.807, 2.05) is 24.3 Å². The molecule has 0 spiro atoms. The molecule has 1 aromatic carbocycles. The Morgan fingerprint density at radius 2 is 1.95 bits per heavy atom. The van der Waals surface area contributed by atoms with Crippen LogP contribution in [0.5, 0.6) is 0 Å². The molecule has 0 saturated carbocycles. The van der Waals surface area contributed by atoms with Crippen molar-refractivity contribution in [2.24, 2.45) is 0 Å². The van der Waals surface area contributed by atoms with Gasteiger partial charge in [-0.15, -0.1) is 0 Å². The van der Waals surface area contributed by atoms with Crippen LogP contribution in [0, 0.1) is 0 Å². The number of fused-ring (bicyclic) bond motifs is 1. The number of rotatable bonds is 2. The summed E-state index contributed by atoms with van der Waals surface area (Å²) in [6.45, 7) is 5.22. The summed E-state index contributed by atoms with van der Waals surface area (Å²) in [6, 6.07) is 5.85. The van der Waals surface area contributed by atoms with E-state index in [-0.39, 0.29) is 5.75 Å². The standard InChI is InChI=1S/C15H21NO2S/c1-15(2,3)19(17,18)9-8-11-4-5-12-10-13(16)6-7-14(11)12/h6-8,10H,4-5,9,16H2,1-3H3/b11-8-. The summed E-state index contributed by atoms with van der Waals surface area (Å²) in [4.78, 5) is 0. The van der Waals surface area contributed by atoms with E-state index in [0.717, 1.165) is 29.7 Å². The number of nitrogens with two attached hydrogens (primary N) is 1. The second-order valence-electron chi connectivity index (χ2n) is 6.04. The maximum Gasteiger partial charge on any atom is 0.158 e. The number of nitrogen functional groups attached to an aromatic ring is 1.